The van der Waals surface area contributed by atoms with Crippen molar-refractivity contribution in [1.82, 2.24) is 10.6 Å². The highest BCUT2D eigenvalue weighted by Gasteiger charge is 2.24. The Hall–Kier alpha value is -1.04. The summed E-state index contributed by atoms with van der Waals surface area (Å²) >= 11 is 1.69. The van der Waals surface area contributed by atoms with Crippen LogP contribution in [-0.4, -0.2) is 42.5 Å². The number of hydrogen-bond donors (Lipinski definition) is 3. The van der Waals surface area contributed by atoms with Gasteiger partial charge in [-0.05, 0) is 19.1 Å². The molecule has 2 unspecified atom stereocenters. The number of carbonyl (C=O) groups is 1. The van der Waals surface area contributed by atoms with E-state index < -0.39 is 0 Å². The molecule has 1 saturated heterocycles. The van der Waals surface area contributed by atoms with Gasteiger partial charge in [-0.2, -0.15) is 0 Å². The topological polar surface area (TPSA) is 61.4 Å². The molecule has 20 heavy (non-hydrogen) atoms. The fourth-order valence-electron chi connectivity index (χ4n) is 2.16. The SMILES string of the molecule is Cc1ccc(SCCC(=O)NCC2CNCC2O)cc1. The van der Waals surface area contributed by atoms with Crippen molar-refractivity contribution in [2.45, 2.75) is 24.3 Å². The van der Waals surface area contributed by atoms with Crippen molar-refractivity contribution in [1.29, 1.82) is 0 Å². The first kappa shape index (κ1) is 15.4. The molecule has 3 N–H and O–H groups in total. The highest BCUT2D eigenvalue weighted by atomic mass is 32.2. The summed E-state index contributed by atoms with van der Waals surface area (Å²) in [5.41, 5.74) is 1.25. The third-order valence-corrected chi connectivity index (χ3v) is 4.50. The first-order chi connectivity index (χ1) is 9.65. The number of rotatable bonds is 6. The van der Waals surface area contributed by atoms with Crippen molar-refractivity contribution >= 4 is 17.7 Å². The van der Waals surface area contributed by atoms with Gasteiger partial charge in [0.1, 0.15) is 0 Å². The molecule has 1 aromatic rings. The largest absolute Gasteiger partial charge is 0.391 e. The quantitative estimate of drug-likeness (QED) is 0.689. The molecule has 1 amide bonds. The van der Waals surface area contributed by atoms with E-state index in [0.717, 1.165) is 12.3 Å². The lowest BCUT2D eigenvalue weighted by Crippen LogP contribution is -2.34. The van der Waals surface area contributed by atoms with Gasteiger partial charge in [0.25, 0.3) is 0 Å². The Morgan fingerprint density at radius 2 is 2.15 bits per heavy atom. The number of aryl methyl sites for hydroxylation is 1. The molecule has 0 radical (unpaired) electrons. The Kier molecular flexibility index (Phi) is 5.88. The zero-order valence-corrected chi connectivity index (χ0v) is 12.6. The summed E-state index contributed by atoms with van der Waals surface area (Å²) in [7, 11) is 0. The number of aliphatic hydroxyl groups is 1. The standard InChI is InChI=1S/C15H22N2O2S/c1-11-2-4-13(5-3-11)20-7-6-15(19)17-9-12-8-16-10-14(12)18/h2-5,12,14,16,18H,6-10H2,1H3,(H,17,19). The summed E-state index contributed by atoms with van der Waals surface area (Å²) in [6.07, 6.45) is 0.173. The van der Waals surface area contributed by atoms with Crippen LogP contribution in [0.2, 0.25) is 0 Å². The maximum absolute atomic E-state index is 11.7. The zero-order chi connectivity index (χ0) is 14.4. The Labute approximate surface area is 124 Å². The van der Waals surface area contributed by atoms with Crippen LogP contribution in [0.3, 0.4) is 0 Å². The summed E-state index contributed by atoms with van der Waals surface area (Å²) < 4.78 is 0. The first-order valence-corrected chi connectivity index (χ1v) is 7.98. The van der Waals surface area contributed by atoms with Gasteiger partial charge in [-0.1, -0.05) is 17.7 Å². The summed E-state index contributed by atoms with van der Waals surface area (Å²) in [5, 5.41) is 15.6. The van der Waals surface area contributed by atoms with Gasteiger partial charge in [-0.15, -0.1) is 11.8 Å². The Morgan fingerprint density at radius 1 is 1.40 bits per heavy atom. The lowest BCUT2D eigenvalue weighted by molar-refractivity contribution is -0.120. The van der Waals surface area contributed by atoms with Gasteiger partial charge in [-0.3, -0.25) is 4.79 Å². The van der Waals surface area contributed by atoms with Gasteiger partial charge >= 0.3 is 0 Å². The third-order valence-electron chi connectivity index (χ3n) is 3.48. The minimum absolute atomic E-state index is 0.0590. The fourth-order valence-corrected chi connectivity index (χ4v) is 3.01. The molecule has 0 bridgehead atoms. The monoisotopic (exact) mass is 294 g/mol. The Bertz CT molecular complexity index is 436. The molecule has 2 atom stereocenters. The average Bonchev–Trinajstić information content (AvgIpc) is 2.84. The molecule has 1 heterocycles. The normalized spacial score (nSPS) is 21.9. The van der Waals surface area contributed by atoms with E-state index in [1.54, 1.807) is 11.8 Å². The van der Waals surface area contributed by atoms with Gasteiger partial charge < -0.3 is 15.7 Å². The maximum atomic E-state index is 11.7. The minimum Gasteiger partial charge on any atom is -0.391 e. The maximum Gasteiger partial charge on any atom is 0.220 e. The van der Waals surface area contributed by atoms with Crippen LogP contribution in [0.4, 0.5) is 0 Å². The number of thioether (sulfide) groups is 1. The van der Waals surface area contributed by atoms with Crippen LogP contribution in [0, 0.1) is 12.8 Å². The second-order valence-corrected chi connectivity index (χ2v) is 6.37. The number of amides is 1. The molecule has 1 fully saturated rings. The van der Waals surface area contributed by atoms with Crippen molar-refractivity contribution in [3.05, 3.63) is 29.8 Å². The molecule has 2 rings (SSSR count). The molecule has 1 aliphatic rings. The van der Waals surface area contributed by atoms with E-state index in [-0.39, 0.29) is 17.9 Å². The van der Waals surface area contributed by atoms with E-state index in [2.05, 4.69) is 41.8 Å². The molecule has 0 spiro atoms. The summed E-state index contributed by atoms with van der Waals surface area (Å²) in [6, 6.07) is 8.32. The predicted molar refractivity (Wildman–Crippen MR) is 81.9 cm³/mol. The molecule has 1 aliphatic heterocycles. The van der Waals surface area contributed by atoms with Crippen molar-refractivity contribution in [3.8, 4) is 0 Å². The van der Waals surface area contributed by atoms with E-state index >= 15 is 0 Å². The van der Waals surface area contributed by atoms with E-state index in [1.165, 1.54) is 10.5 Å². The lowest BCUT2D eigenvalue weighted by Gasteiger charge is -2.13. The number of carbonyl (C=O) groups excluding carboxylic acids is 1. The van der Waals surface area contributed by atoms with Crippen LogP contribution in [0.25, 0.3) is 0 Å². The zero-order valence-electron chi connectivity index (χ0n) is 11.8. The van der Waals surface area contributed by atoms with Gasteiger partial charge in [-0.25, -0.2) is 0 Å². The van der Waals surface area contributed by atoms with Crippen LogP contribution >= 0.6 is 11.8 Å². The second-order valence-electron chi connectivity index (χ2n) is 5.20. The molecule has 5 heteroatoms. The summed E-state index contributed by atoms with van der Waals surface area (Å²) in [4.78, 5) is 12.9. The van der Waals surface area contributed by atoms with E-state index in [4.69, 9.17) is 0 Å². The first-order valence-electron chi connectivity index (χ1n) is 7.00. The average molecular weight is 294 g/mol. The number of benzene rings is 1. The van der Waals surface area contributed by atoms with Crippen LogP contribution in [0.15, 0.2) is 29.2 Å². The molecule has 0 aliphatic carbocycles. The Balaban J connectivity index is 1.61. The Morgan fingerprint density at radius 3 is 2.80 bits per heavy atom. The van der Waals surface area contributed by atoms with Crippen molar-refractivity contribution in [3.63, 3.8) is 0 Å². The van der Waals surface area contributed by atoms with Crippen molar-refractivity contribution < 1.29 is 9.90 Å². The lowest BCUT2D eigenvalue weighted by atomic mass is 10.1. The molecule has 110 valence electrons. The third kappa shape index (κ3) is 4.81. The predicted octanol–water partition coefficient (Wildman–Crippen LogP) is 1.17. The highest BCUT2D eigenvalue weighted by Crippen LogP contribution is 2.18. The van der Waals surface area contributed by atoms with Gasteiger partial charge in [0.2, 0.25) is 5.91 Å². The van der Waals surface area contributed by atoms with Crippen molar-refractivity contribution in [2.24, 2.45) is 5.92 Å². The second kappa shape index (κ2) is 7.67. The molecular weight excluding hydrogens is 272 g/mol. The smallest absolute Gasteiger partial charge is 0.220 e. The summed E-state index contributed by atoms with van der Waals surface area (Å²) in [5.74, 6) is 0.979. The highest BCUT2D eigenvalue weighted by molar-refractivity contribution is 7.99. The molecule has 4 nitrogen and oxygen atoms in total. The van der Waals surface area contributed by atoms with Crippen LogP contribution in [0.5, 0.6) is 0 Å². The van der Waals surface area contributed by atoms with Gasteiger partial charge in [0.15, 0.2) is 0 Å². The van der Waals surface area contributed by atoms with Gasteiger partial charge in [0, 0.05) is 42.6 Å². The summed E-state index contributed by atoms with van der Waals surface area (Å²) in [6.45, 7) is 4.03. The van der Waals surface area contributed by atoms with E-state index in [9.17, 15) is 9.90 Å². The van der Waals surface area contributed by atoms with Crippen LogP contribution < -0.4 is 10.6 Å². The minimum atomic E-state index is -0.336. The van der Waals surface area contributed by atoms with Crippen molar-refractivity contribution in [2.75, 3.05) is 25.4 Å². The number of aliphatic hydroxyl groups excluding tert-OH is 1. The molecule has 1 aromatic carbocycles. The fraction of sp³-hybridized carbons (Fsp3) is 0.533. The number of β-amino-alcohol motifs (C(OH)–C–C–N with tert-alkyl or cyclic N) is 1. The molecular formula is C15H22N2O2S. The molecule has 0 saturated carbocycles. The number of nitrogens with one attached hydrogen (secondary N) is 2. The molecule has 0 aromatic heterocycles. The number of hydrogen-bond acceptors (Lipinski definition) is 4. The van der Waals surface area contributed by atoms with E-state index in [0.29, 0.717) is 19.5 Å². The van der Waals surface area contributed by atoms with E-state index in [1.807, 2.05) is 0 Å². The van der Waals surface area contributed by atoms with Crippen LogP contribution in [-0.2, 0) is 4.79 Å². The van der Waals surface area contributed by atoms with Crippen LogP contribution in [0.1, 0.15) is 12.0 Å². The van der Waals surface area contributed by atoms with Gasteiger partial charge in [0.05, 0.1) is 6.10 Å².